The molecule has 1 aromatic heterocycles. The van der Waals surface area contributed by atoms with Crippen molar-refractivity contribution in [3.63, 3.8) is 0 Å². The van der Waals surface area contributed by atoms with E-state index in [1.54, 1.807) is 28.2 Å². The zero-order chi connectivity index (χ0) is 21.3. The largest absolute Gasteiger partial charge is 0.337 e. The van der Waals surface area contributed by atoms with Crippen LogP contribution in [0.2, 0.25) is 0 Å². The number of aromatic nitrogens is 1. The summed E-state index contributed by atoms with van der Waals surface area (Å²) in [4.78, 5) is 34.6. The Morgan fingerprint density at radius 3 is 2.57 bits per heavy atom. The summed E-state index contributed by atoms with van der Waals surface area (Å²) < 4.78 is 1.12. The van der Waals surface area contributed by atoms with Gasteiger partial charge in [0.2, 0.25) is 11.8 Å². The number of hydrogen-bond acceptors (Lipinski definition) is 4. The monoisotopic (exact) mass is 421 g/mol. The average molecular weight is 422 g/mol. The Kier molecular flexibility index (Phi) is 5.86. The minimum atomic E-state index is -0.467. The van der Waals surface area contributed by atoms with Crippen molar-refractivity contribution in [1.82, 2.24) is 14.8 Å². The number of hydrogen-bond donors (Lipinski definition) is 0. The van der Waals surface area contributed by atoms with E-state index in [4.69, 9.17) is 0 Å². The highest BCUT2D eigenvalue weighted by Gasteiger charge is 2.36. The summed E-state index contributed by atoms with van der Waals surface area (Å²) in [5, 5.41) is 0.906. The SMILES string of the molecule is CC(C)CC(=O)N1Cc2ccccc2CC1C(=O)N(C)Cc1nc2ccccc2s1. The number of para-hydroxylation sites is 1. The van der Waals surface area contributed by atoms with Crippen LogP contribution in [0.25, 0.3) is 10.2 Å². The summed E-state index contributed by atoms with van der Waals surface area (Å²) in [6.07, 6.45) is 1.01. The van der Waals surface area contributed by atoms with Gasteiger partial charge in [-0.2, -0.15) is 0 Å². The van der Waals surface area contributed by atoms with Crippen LogP contribution >= 0.6 is 11.3 Å². The molecule has 0 saturated carbocycles. The van der Waals surface area contributed by atoms with Crippen LogP contribution in [-0.4, -0.2) is 39.7 Å². The summed E-state index contributed by atoms with van der Waals surface area (Å²) in [6, 6.07) is 15.6. The quantitative estimate of drug-likeness (QED) is 0.619. The molecule has 6 heteroatoms. The molecule has 1 aliphatic heterocycles. The van der Waals surface area contributed by atoms with E-state index in [0.717, 1.165) is 26.4 Å². The van der Waals surface area contributed by atoms with E-state index in [0.29, 0.717) is 25.9 Å². The molecule has 2 heterocycles. The van der Waals surface area contributed by atoms with Gasteiger partial charge in [-0.25, -0.2) is 4.98 Å². The van der Waals surface area contributed by atoms with Crippen LogP contribution in [0.15, 0.2) is 48.5 Å². The molecule has 1 unspecified atom stereocenters. The number of amides is 2. The molecule has 156 valence electrons. The van der Waals surface area contributed by atoms with Gasteiger partial charge in [0, 0.05) is 26.4 Å². The molecule has 2 amide bonds. The lowest BCUT2D eigenvalue weighted by Crippen LogP contribution is -2.52. The maximum Gasteiger partial charge on any atom is 0.245 e. The first-order valence-electron chi connectivity index (χ1n) is 10.4. The Bertz CT molecular complexity index is 1040. The normalized spacial score (nSPS) is 16.0. The summed E-state index contributed by atoms with van der Waals surface area (Å²) in [5.41, 5.74) is 3.24. The van der Waals surface area contributed by atoms with Gasteiger partial charge >= 0.3 is 0 Å². The van der Waals surface area contributed by atoms with E-state index < -0.39 is 6.04 Å². The second kappa shape index (κ2) is 8.56. The molecule has 5 nitrogen and oxygen atoms in total. The summed E-state index contributed by atoms with van der Waals surface area (Å²) in [5.74, 6) is 0.276. The Balaban J connectivity index is 1.56. The molecule has 0 saturated heterocycles. The van der Waals surface area contributed by atoms with Gasteiger partial charge in [0.25, 0.3) is 0 Å². The van der Waals surface area contributed by atoms with Crippen molar-refractivity contribution in [2.45, 2.75) is 45.8 Å². The standard InChI is InChI=1S/C24H27N3O2S/c1-16(2)12-23(28)27-14-18-9-5-4-8-17(18)13-20(27)24(29)26(3)15-22-25-19-10-6-7-11-21(19)30-22/h4-11,16,20H,12-15H2,1-3H3. The molecule has 1 aliphatic rings. The minimum absolute atomic E-state index is 0.0270. The fourth-order valence-corrected chi connectivity index (χ4v) is 5.02. The van der Waals surface area contributed by atoms with Gasteiger partial charge in [0.05, 0.1) is 16.8 Å². The van der Waals surface area contributed by atoms with Crippen molar-refractivity contribution >= 4 is 33.4 Å². The third kappa shape index (κ3) is 4.24. The zero-order valence-electron chi connectivity index (χ0n) is 17.7. The molecule has 0 aliphatic carbocycles. The first-order valence-corrected chi connectivity index (χ1v) is 11.2. The highest BCUT2D eigenvalue weighted by atomic mass is 32.1. The first-order chi connectivity index (χ1) is 14.4. The molecule has 0 radical (unpaired) electrons. The van der Waals surface area contributed by atoms with Crippen LogP contribution in [0, 0.1) is 5.92 Å². The van der Waals surface area contributed by atoms with Gasteiger partial charge < -0.3 is 9.80 Å². The molecule has 0 fully saturated rings. The van der Waals surface area contributed by atoms with E-state index in [-0.39, 0.29) is 17.7 Å². The predicted octanol–water partition coefficient (Wildman–Crippen LogP) is 4.25. The first kappa shape index (κ1) is 20.5. The van der Waals surface area contributed by atoms with Crippen molar-refractivity contribution < 1.29 is 9.59 Å². The Morgan fingerprint density at radius 1 is 1.13 bits per heavy atom. The van der Waals surface area contributed by atoms with E-state index in [9.17, 15) is 9.59 Å². The topological polar surface area (TPSA) is 53.5 Å². The van der Waals surface area contributed by atoms with Crippen molar-refractivity contribution in [3.8, 4) is 0 Å². The number of thiazole rings is 1. The van der Waals surface area contributed by atoms with E-state index >= 15 is 0 Å². The molecule has 30 heavy (non-hydrogen) atoms. The number of likely N-dealkylation sites (N-methyl/N-ethyl adjacent to an activating group) is 1. The molecule has 4 rings (SSSR count). The predicted molar refractivity (Wildman–Crippen MR) is 120 cm³/mol. The summed E-state index contributed by atoms with van der Waals surface area (Å²) in [6.45, 7) is 5.01. The number of benzene rings is 2. The lowest BCUT2D eigenvalue weighted by atomic mass is 9.92. The van der Waals surface area contributed by atoms with Crippen LogP contribution in [0.3, 0.4) is 0 Å². The lowest BCUT2D eigenvalue weighted by Gasteiger charge is -2.38. The van der Waals surface area contributed by atoms with Crippen LogP contribution in [0.4, 0.5) is 0 Å². The van der Waals surface area contributed by atoms with Gasteiger partial charge in [-0.3, -0.25) is 9.59 Å². The second-order valence-electron chi connectivity index (χ2n) is 8.38. The Labute approximate surface area is 181 Å². The molecular weight excluding hydrogens is 394 g/mol. The maximum absolute atomic E-state index is 13.4. The van der Waals surface area contributed by atoms with E-state index in [2.05, 4.69) is 17.1 Å². The smallest absolute Gasteiger partial charge is 0.245 e. The number of rotatable bonds is 5. The van der Waals surface area contributed by atoms with Crippen molar-refractivity contribution in [2.75, 3.05) is 7.05 Å². The summed E-state index contributed by atoms with van der Waals surface area (Å²) >= 11 is 1.61. The van der Waals surface area contributed by atoms with E-state index in [1.165, 1.54) is 0 Å². The Hall–Kier alpha value is -2.73. The fourth-order valence-electron chi connectivity index (χ4n) is 3.99. The Morgan fingerprint density at radius 2 is 1.83 bits per heavy atom. The number of nitrogens with zero attached hydrogens (tertiary/aromatic N) is 3. The highest BCUT2D eigenvalue weighted by Crippen LogP contribution is 2.27. The molecule has 0 N–H and O–H groups in total. The summed E-state index contributed by atoms with van der Waals surface area (Å²) in [7, 11) is 1.81. The molecule has 0 spiro atoms. The van der Waals surface area contributed by atoms with Crippen LogP contribution in [-0.2, 0) is 29.1 Å². The maximum atomic E-state index is 13.4. The third-order valence-corrected chi connectivity index (χ3v) is 6.54. The molecule has 3 aromatic rings. The van der Waals surface area contributed by atoms with Crippen LogP contribution in [0.1, 0.15) is 36.4 Å². The van der Waals surface area contributed by atoms with Crippen LogP contribution < -0.4 is 0 Å². The van der Waals surface area contributed by atoms with Crippen LogP contribution in [0.5, 0.6) is 0 Å². The van der Waals surface area contributed by atoms with E-state index in [1.807, 2.05) is 50.2 Å². The molecule has 0 bridgehead atoms. The molecular formula is C24H27N3O2S. The average Bonchev–Trinajstić information content (AvgIpc) is 3.14. The highest BCUT2D eigenvalue weighted by molar-refractivity contribution is 7.18. The minimum Gasteiger partial charge on any atom is -0.337 e. The van der Waals surface area contributed by atoms with Gasteiger partial charge in [0.15, 0.2) is 0 Å². The third-order valence-electron chi connectivity index (χ3n) is 5.52. The fraction of sp³-hybridized carbons (Fsp3) is 0.375. The van der Waals surface area contributed by atoms with Gasteiger partial charge in [-0.1, -0.05) is 50.2 Å². The van der Waals surface area contributed by atoms with Gasteiger partial charge in [0.1, 0.15) is 11.0 Å². The van der Waals surface area contributed by atoms with Crippen molar-refractivity contribution in [1.29, 1.82) is 0 Å². The number of carbonyl (C=O) groups excluding carboxylic acids is 2. The van der Waals surface area contributed by atoms with Crippen molar-refractivity contribution in [3.05, 3.63) is 64.7 Å². The molecule has 2 aromatic carbocycles. The zero-order valence-corrected chi connectivity index (χ0v) is 18.5. The number of carbonyl (C=O) groups is 2. The molecule has 1 atom stereocenters. The second-order valence-corrected chi connectivity index (χ2v) is 9.49. The van der Waals surface area contributed by atoms with Crippen molar-refractivity contribution in [2.24, 2.45) is 5.92 Å². The lowest BCUT2D eigenvalue weighted by molar-refractivity contribution is -0.147. The van der Waals surface area contributed by atoms with Gasteiger partial charge in [-0.15, -0.1) is 11.3 Å². The number of fused-ring (bicyclic) bond motifs is 2. The van der Waals surface area contributed by atoms with Gasteiger partial charge in [-0.05, 0) is 29.2 Å².